The van der Waals surface area contributed by atoms with Gasteiger partial charge in [0.05, 0.1) is 0 Å². The van der Waals surface area contributed by atoms with Gasteiger partial charge in [-0.1, -0.05) is 6.07 Å². The summed E-state index contributed by atoms with van der Waals surface area (Å²) in [5.74, 6) is 0.166. The van der Waals surface area contributed by atoms with E-state index < -0.39 is 0 Å². The van der Waals surface area contributed by atoms with Crippen molar-refractivity contribution < 1.29 is 9.53 Å². The standard InChI is InChI=1S/C23H29N3O4/c1-15-10-16(2)25(8-5-9-30-3)23(29)21(15)22(28)24-12-17-11-18(14-24)19-6-4-7-20(27)26(19)13-17/h4,6-7,10,17-18H,5,8-9,11-14H2,1-3H3/t17-,18+/m1/s1. The third kappa shape index (κ3) is 3.62. The lowest BCUT2D eigenvalue weighted by Crippen LogP contribution is -2.50. The zero-order chi connectivity index (χ0) is 21.4. The number of aromatic nitrogens is 2. The van der Waals surface area contributed by atoms with Crippen LogP contribution < -0.4 is 11.1 Å². The largest absolute Gasteiger partial charge is 0.385 e. The summed E-state index contributed by atoms with van der Waals surface area (Å²) in [4.78, 5) is 40.7. The minimum Gasteiger partial charge on any atom is -0.385 e. The van der Waals surface area contributed by atoms with Crippen molar-refractivity contribution in [3.63, 3.8) is 0 Å². The molecule has 1 amide bonds. The van der Waals surface area contributed by atoms with Crippen LogP contribution >= 0.6 is 0 Å². The first-order chi connectivity index (χ1) is 14.4. The molecule has 0 radical (unpaired) electrons. The van der Waals surface area contributed by atoms with E-state index in [4.69, 9.17) is 4.74 Å². The second kappa shape index (κ2) is 8.22. The van der Waals surface area contributed by atoms with Gasteiger partial charge in [-0.3, -0.25) is 14.4 Å². The number of hydrogen-bond acceptors (Lipinski definition) is 4. The molecule has 2 aliphatic heterocycles. The van der Waals surface area contributed by atoms with Gasteiger partial charge in [0.1, 0.15) is 5.56 Å². The van der Waals surface area contributed by atoms with Gasteiger partial charge in [-0.2, -0.15) is 0 Å². The van der Waals surface area contributed by atoms with Crippen molar-refractivity contribution in [3.8, 4) is 0 Å². The van der Waals surface area contributed by atoms with Crippen molar-refractivity contribution in [3.05, 3.63) is 67.5 Å². The van der Waals surface area contributed by atoms with Gasteiger partial charge in [0.25, 0.3) is 17.0 Å². The number of hydrogen-bond donors (Lipinski definition) is 0. The Balaban J connectivity index is 1.64. The highest BCUT2D eigenvalue weighted by atomic mass is 16.5. The van der Waals surface area contributed by atoms with E-state index in [0.29, 0.717) is 39.2 Å². The molecule has 2 atom stereocenters. The molecule has 160 valence electrons. The number of amides is 1. The predicted molar refractivity (Wildman–Crippen MR) is 114 cm³/mol. The Hall–Kier alpha value is -2.67. The van der Waals surface area contributed by atoms with Gasteiger partial charge in [-0.05, 0) is 50.3 Å². The van der Waals surface area contributed by atoms with Crippen LogP contribution in [0.2, 0.25) is 0 Å². The second-order valence-corrected chi connectivity index (χ2v) is 8.56. The lowest BCUT2D eigenvalue weighted by atomic mass is 9.83. The van der Waals surface area contributed by atoms with E-state index in [1.807, 2.05) is 35.4 Å². The zero-order valence-corrected chi connectivity index (χ0v) is 17.9. The van der Waals surface area contributed by atoms with Crippen LogP contribution in [0.25, 0.3) is 0 Å². The van der Waals surface area contributed by atoms with Crippen LogP contribution in [0.4, 0.5) is 0 Å². The van der Waals surface area contributed by atoms with Crippen molar-refractivity contribution in [2.24, 2.45) is 5.92 Å². The molecule has 0 N–H and O–H groups in total. The summed E-state index contributed by atoms with van der Waals surface area (Å²) in [5.41, 5.74) is 2.64. The SMILES string of the molecule is COCCCn1c(C)cc(C)c(C(=O)N2C[C@H]3C[C@@H](C2)c2cccc(=O)n2C3)c1=O. The quantitative estimate of drug-likeness (QED) is 0.705. The van der Waals surface area contributed by atoms with Crippen LogP contribution in [0, 0.1) is 19.8 Å². The third-order valence-corrected chi connectivity index (χ3v) is 6.42. The summed E-state index contributed by atoms with van der Waals surface area (Å²) in [7, 11) is 1.64. The maximum atomic E-state index is 13.5. The lowest BCUT2D eigenvalue weighted by molar-refractivity contribution is 0.0591. The fourth-order valence-electron chi connectivity index (χ4n) is 5.05. The lowest BCUT2D eigenvalue weighted by Gasteiger charge is -2.42. The van der Waals surface area contributed by atoms with Crippen LogP contribution in [0.3, 0.4) is 0 Å². The topological polar surface area (TPSA) is 73.5 Å². The summed E-state index contributed by atoms with van der Waals surface area (Å²) >= 11 is 0. The first-order valence-corrected chi connectivity index (χ1v) is 10.6. The van der Waals surface area contributed by atoms with Crippen molar-refractivity contribution in [1.29, 1.82) is 0 Å². The van der Waals surface area contributed by atoms with E-state index in [-0.39, 0.29) is 34.4 Å². The predicted octanol–water partition coefficient (Wildman–Crippen LogP) is 1.92. The van der Waals surface area contributed by atoms with E-state index >= 15 is 0 Å². The Morgan fingerprint density at radius 1 is 1.17 bits per heavy atom. The fraction of sp³-hybridized carbons (Fsp3) is 0.522. The van der Waals surface area contributed by atoms with Gasteiger partial charge in [0.2, 0.25) is 0 Å². The fourth-order valence-corrected chi connectivity index (χ4v) is 5.05. The summed E-state index contributed by atoms with van der Waals surface area (Å²) in [6, 6.07) is 7.28. The third-order valence-electron chi connectivity index (χ3n) is 6.42. The summed E-state index contributed by atoms with van der Waals surface area (Å²) in [6.45, 7) is 6.57. The Morgan fingerprint density at radius 3 is 2.73 bits per heavy atom. The molecular weight excluding hydrogens is 382 g/mol. The molecule has 2 bridgehead atoms. The van der Waals surface area contributed by atoms with E-state index in [9.17, 15) is 14.4 Å². The average Bonchev–Trinajstić information content (AvgIpc) is 2.71. The van der Waals surface area contributed by atoms with Gasteiger partial charge < -0.3 is 18.8 Å². The van der Waals surface area contributed by atoms with Crippen molar-refractivity contribution >= 4 is 5.91 Å². The first kappa shape index (κ1) is 20.6. The molecule has 4 heterocycles. The molecule has 2 aliphatic rings. The molecule has 0 saturated carbocycles. The van der Waals surface area contributed by atoms with Crippen LogP contribution in [0.5, 0.6) is 0 Å². The molecule has 0 spiro atoms. The number of carbonyl (C=O) groups is 1. The Morgan fingerprint density at radius 2 is 1.97 bits per heavy atom. The highest BCUT2D eigenvalue weighted by Crippen LogP contribution is 2.35. The number of carbonyl (C=O) groups excluding carboxylic acids is 1. The normalized spacial score (nSPS) is 20.2. The molecule has 7 heteroatoms. The molecule has 1 saturated heterocycles. The number of likely N-dealkylation sites (tertiary alicyclic amines) is 1. The molecule has 0 aliphatic carbocycles. The molecular formula is C23H29N3O4. The van der Waals surface area contributed by atoms with Crippen molar-refractivity contribution in [1.82, 2.24) is 14.0 Å². The number of ether oxygens (including phenoxy) is 1. The number of fused-ring (bicyclic) bond motifs is 4. The van der Waals surface area contributed by atoms with Crippen molar-refractivity contribution in [2.75, 3.05) is 26.8 Å². The van der Waals surface area contributed by atoms with Gasteiger partial charge >= 0.3 is 0 Å². The molecule has 0 aromatic carbocycles. The number of pyridine rings is 2. The van der Waals surface area contributed by atoms with Gasteiger partial charge in [0, 0.05) is 63.3 Å². The summed E-state index contributed by atoms with van der Waals surface area (Å²) in [5, 5.41) is 0. The maximum absolute atomic E-state index is 13.5. The second-order valence-electron chi connectivity index (χ2n) is 8.56. The summed E-state index contributed by atoms with van der Waals surface area (Å²) in [6.07, 6.45) is 1.69. The maximum Gasteiger partial charge on any atom is 0.263 e. The highest BCUT2D eigenvalue weighted by Gasteiger charge is 2.37. The zero-order valence-electron chi connectivity index (χ0n) is 17.9. The minimum atomic E-state index is -0.221. The van der Waals surface area contributed by atoms with Crippen molar-refractivity contribution in [2.45, 2.75) is 45.7 Å². The minimum absolute atomic E-state index is 0.0234. The Bertz CT molecular complexity index is 1080. The molecule has 2 aromatic rings. The van der Waals surface area contributed by atoms with E-state index in [0.717, 1.165) is 23.4 Å². The van der Waals surface area contributed by atoms with E-state index in [1.165, 1.54) is 0 Å². The van der Waals surface area contributed by atoms with E-state index in [1.54, 1.807) is 23.8 Å². The molecule has 30 heavy (non-hydrogen) atoms. The molecule has 4 rings (SSSR count). The van der Waals surface area contributed by atoms with Crippen LogP contribution in [0.15, 0.2) is 33.9 Å². The van der Waals surface area contributed by atoms with Gasteiger partial charge in [-0.15, -0.1) is 0 Å². The smallest absolute Gasteiger partial charge is 0.263 e. The van der Waals surface area contributed by atoms with Gasteiger partial charge in [-0.25, -0.2) is 0 Å². The van der Waals surface area contributed by atoms with E-state index in [2.05, 4.69) is 0 Å². The number of aryl methyl sites for hydroxylation is 2. The number of methoxy groups -OCH3 is 1. The Kier molecular flexibility index (Phi) is 5.64. The first-order valence-electron chi connectivity index (χ1n) is 10.6. The number of piperidine rings is 1. The van der Waals surface area contributed by atoms with Crippen LogP contribution in [0.1, 0.15) is 46.1 Å². The highest BCUT2D eigenvalue weighted by molar-refractivity contribution is 5.95. The molecule has 1 fully saturated rings. The number of rotatable bonds is 5. The van der Waals surface area contributed by atoms with Gasteiger partial charge in [0.15, 0.2) is 0 Å². The van der Waals surface area contributed by atoms with Crippen LogP contribution in [-0.2, 0) is 17.8 Å². The van der Waals surface area contributed by atoms with Crippen LogP contribution in [-0.4, -0.2) is 46.7 Å². The number of nitrogens with zero attached hydrogens (tertiary/aromatic N) is 3. The average molecular weight is 412 g/mol. The summed E-state index contributed by atoms with van der Waals surface area (Å²) < 4.78 is 8.63. The monoisotopic (exact) mass is 411 g/mol. The molecule has 0 unspecified atom stereocenters. The molecule has 2 aromatic heterocycles. The Labute approximate surface area is 175 Å². The molecule has 7 nitrogen and oxygen atoms in total.